The van der Waals surface area contributed by atoms with Crippen LogP contribution >= 0.6 is 0 Å². The number of methoxy groups -OCH3 is 2. The van der Waals surface area contributed by atoms with Crippen LogP contribution in [0.15, 0.2) is 23.2 Å². The Hall–Kier alpha value is -3.23. The van der Waals surface area contributed by atoms with Gasteiger partial charge in [0.1, 0.15) is 5.75 Å². The third-order valence-corrected chi connectivity index (χ3v) is 4.05. The van der Waals surface area contributed by atoms with Gasteiger partial charge in [-0.1, -0.05) is 0 Å². The molecule has 1 aromatic carbocycles. The third-order valence-electron chi connectivity index (χ3n) is 4.05. The summed E-state index contributed by atoms with van der Waals surface area (Å²) in [6.07, 6.45) is -0.00741. The van der Waals surface area contributed by atoms with Crippen molar-refractivity contribution < 1.29 is 19.1 Å². The quantitative estimate of drug-likeness (QED) is 0.785. The van der Waals surface area contributed by atoms with Crippen molar-refractivity contribution in [3.63, 3.8) is 0 Å². The molecule has 1 amide bonds. The van der Waals surface area contributed by atoms with Gasteiger partial charge in [-0.25, -0.2) is 9.97 Å². The summed E-state index contributed by atoms with van der Waals surface area (Å²) in [6, 6.07) is 5.52. The Morgan fingerprint density at radius 2 is 2.15 bits per heavy atom. The van der Waals surface area contributed by atoms with Gasteiger partial charge in [0, 0.05) is 5.39 Å². The van der Waals surface area contributed by atoms with Crippen molar-refractivity contribution in [2.45, 2.75) is 13.3 Å². The molecule has 3 rings (SSSR count). The van der Waals surface area contributed by atoms with Crippen LogP contribution in [0.25, 0.3) is 10.9 Å². The van der Waals surface area contributed by atoms with Crippen molar-refractivity contribution >= 4 is 34.7 Å². The van der Waals surface area contributed by atoms with Gasteiger partial charge in [-0.3, -0.25) is 25.2 Å². The van der Waals surface area contributed by atoms with Crippen molar-refractivity contribution in [3.05, 3.63) is 23.9 Å². The molecule has 1 atom stereocenters. The summed E-state index contributed by atoms with van der Waals surface area (Å²) in [5, 5.41) is 6.41. The number of aromatic nitrogens is 2. The smallest absolute Gasteiger partial charge is 0.306 e. The fourth-order valence-corrected chi connectivity index (χ4v) is 2.60. The SMILES string of the molecule is COC(=O)CC1CN=C(Nc2nc(C)c3cc(OC)ccc3n2)NC1=O. The number of guanidine groups is 1. The zero-order valence-electron chi connectivity index (χ0n) is 14.7. The monoisotopic (exact) mass is 357 g/mol. The standard InChI is InChI=1S/C17H19N5O4/c1-9-12-7-11(25-2)4-5-13(12)20-17(19-9)22-16-18-8-10(15(24)21-16)6-14(23)26-3/h4-5,7,10H,6,8H2,1-3H3,(H2,18,19,20,21,22,24). The molecule has 0 saturated heterocycles. The van der Waals surface area contributed by atoms with Crippen LogP contribution in [0.1, 0.15) is 12.1 Å². The van der Waals surface area contributed by atoms with Crippen LogP contribution in [0.2, 0.25) is 0 Å². The van der Waals surface area contributed by atoms with Gasteiger partial charge in [0.25, 0.3) is 0 Å². The Kier molecular flexibility index (Phi) is 4.97. The molecule has 0 fully saturated rings. The fourth-order valence-electron chi connectivity index (χ4n) is 2.60. The molecule has 0 bridgehead atoms. The first-order valence-corrected chi connectivity index (χ1v) is 8.01. The van der Waals surface area contributed by atoms with Crippen LogP contribution in [0.3, 0.4) is 0 Å². The van der Waals surface area contributed by atoms with Crippen LogP contribution in [0, 0.1) is 12.8 Å². The number of amides is 1. The van der Waals surface area contributed by atoms with E-state index in [1.807, 2.05) is 25.1 Å². The van der Waals surface area contributed by atoms with Gasteiger partial charge in [0.15, 0.2) is 0 Å². The van der Waals surface area contributed by atoms with E-state index >= 15 is 0 Å². The van der Waals surface area contributed by atoms with E-state index in [4.69, 9.17) is 4.74 Å². The lowest BCUT2D eigenvalue weighted by Crippen LogP contribution is -2.45. The maximum atomic E-state index is 12.1. The number of rotatable bonds is 4. The maximum Gasteiger partial charge on any atom is 0.306 e. The summed E-state index contributed by atoms with van der Waals surface area (Å²) < 4.78 is 9.80. The second-order valence-electron chi connectivity index (χ2n) is 5.80. The van der Waals surface area contributed by atoms with Crippen LogP contribution in [0.5, 0.6) is 5.75 Å². The van der Waals surface area contributed by atoms with Crippen molar-refractivity contribution in [3.8, 4) is 5.75 Å². The molecule has 1 aliphatic heterocycles. The predicted molar refractivity (Wildman–Crippen MR) is 95.0 cm³/mol. The van der Waals surface area contributed by atoms with Gasteiger partial charge in [-0.2, -0.15) is 0 Å². The Bertz CT molecular complexity index is 896. The second-order valence-corrected chi connectivity index (χ2v) is 5.80. The summed E-state index contributed by atoms with van der Waals surface area (Å²) in [6.45, 7) is 2.05. The minimum atomic E-state index is -0.542. The van der Waals surface area contributed by atoms with Crippen LogP contribution in [-0.4, -0.2) is 48.6 Å². The molecule has 136 valence electrons. The largest absolute Gasteiger partial charge is 0.497 e. The van der Waals surface area contributed by atoms with Gasteiger partial charge in [-0.05, 0) is 25.1 Å². The summed E-state index contributed by atoms with van der Waals surface area (Å²) in [7, 11) is 2.89. The number of nitrogens with zero attached hydrogens (tertiary/aromatic N) is 3. The number of fused-ring (bicyclic) bond motifs is 1. The summed E-state index contributed by atoms with van der Waals surface area (Å²) in [4.78, 5) is 36.5. The molecule has 0 radical (unpaired) electrons. The fraction of sp³-hybridized carbons (Fsp3) is 0.353. The average Bonchev–Trinajstić information content (AvgIpc) is 2.63. The highest BCUT2D eigenvalue weighted by Crippen LogP contribution is 2.22. The number of anilines is 1. The van der Waals surface area contributed by atoms with Gasteiger partial charge >= 0.3 is 5.97 Å². The van der Waals surface area contributed by atoms with E-state index in [0.29, 0.717) is 5.95 Å². The summed E-state index contributed by atoms with van der Waals surface area (Å²) >= 11 is 0. The number of aliphatic imine (C=N–C) groups is 1. The zero-order chi connectivity index (χ0) is 18.7. The highest BCUT2D eigenvalue weighted by molar-refractivity contribution is 6.06. The van der Waals surface area contributed by atoms with E-state index in [0.717, 1.165) is 22.3 Å². The van der Waals surface area contributed by atoms with Crippen LogP contribution < -0.4 is 15.4 Å². The van der Waals surface area contributed by atoms with E-state index in [1.54, 1.807) is 7.11 Å². The van der Waals surface area contributed by atoms with Gasteiger partial charge in [0.05, 0.1) is 44.3 Å². The van der Waals surface area contributed by atoms with E-state index in [-0.39, 0.29) is 24.8 Å². The molecule has 0 aliphatic carbocycles. The van der Waals surface area contributed by atoms with Gasteiger partial charge in [-0.15, -0.1) is 0 Å². The molecule has 9 nitrogen and oxygen atoms in total. The Labute approximate surface area is 149 Å². The number of esters is 1. The first-order chi connectivity index (χ1) is 12.5. The number of hydrogen-bond donors (Lipinski definition) is 2. The van der Waals surface area contributed by atoms with E-state index in [2.05, 4.69) is 30.3 Å². The molecule has 1 aliphatic rings. The molecule has 2 heterocycles. The molecular weight excluding hydrogens is 338 g/mol. The minimum absolute atomic E-state index is 0.00741. The normalized spacial score (nSPS) is 16.7. The highest BCUT2D eigenvalue weighted by Gasteiger charge is 2.27. The Morgan fingerprint density at radius 1 is 1.35 bits per heavy atom. The first kappa shape index (κ1) is 17.6. The minimum Gasteiger partial charge on any atom is -0.497 e. The first-order valence-electron chi connectivity index (χ1n) is 8.01. The lowest BCUT2D eigenvalue weighted by molar-refractivity contribution is -0.143. The topological polar surface area (TPSA) is 115 Å². The van der Waals surface area contributed by atoms with Crippen molar-refractivity contribution in [2.24, 2.45) is 10.9 Å². The lowest BCUT2D eigenvalue weighted by atomic mass is 10.0. The van der Waals surface area contributed by atoms with Crippen molar-refractivity contribution in [1.82, 2.24) is 15.3 Å². The summed E-state index contributed by atoms with van der Waals surface area (Å²) in [5.41, 5.74) is 1.51. The molecule has 2 N–H and O–H groups in total. The third kappa shape index (κ3) is 3.71. The maximum absolute atomic E-state index is 12.1. The van der Waals surface area contributed by atoms with Crippen LogP contribution in [0.4, 0.5) is 5.95 Å². The summed E-state index contributed by atoms with van der Waals surface area (Å²) in [5.74, 6) is 0.0232. The number of nitrogens with one attached hydrogen (secondary N) is 2. The zero-order valence-corrected chi connectivity index (χ0v) is 14.7. The predicted octanol–water partition coefficient (Wildman–Crippen LogP) is 1.02. The Balaban J connectivity index is 1.77. The van der Waals surface area contributed by atoms with E-state index in [9.17, 15) is 9.59 Å². The van der Waals surface area contributed by atoms with Gasteiger partial charge in [0.2, 0.25) is 17.8 Å². The molecule has 0 saturated carbocycles. The molecule has 26 heavy (non-hydrogen) atoms. The van der Waals surface area contributed by atoms with E-state index in [1.165, 1.54) is 7.11 Å². The molecule has 9 heteroatoms. The molecular formula is C17H19N5O4. The average molecular weight is 357 g/mol. The lowest BCUT2D eigenvalue weighted by Gasteiger charge is -2.21. The highest BCUT2D eigenvalue weighted by atomic mass is 16.5. The Morgan fingerprint density at radius 3 is 2.85 bits per heavy atom. The van der Waals surface area contributed by atoms with Crippen molar-refractivity contribution in [2.75, 3.05) is 26.1 Å². The van der Waals surface area contributed by atoms with Gasteiger partial charge < -0.3 is 9.47 Å². The number of ether oxygens (including phenoxy) is 2. The molecule has 1 unspecified atom stereocenters. The molecule has 0 spiro atoms. The van der Waals surface area contributed by atoms with Crippen LogP contribution in [-0.2, 0) is 14.3 Å². The number of carbonyl (C=O) groups excluding carboxylic acids is 2. The molecule has 2 aromatic rings. The second kappa shape index (κ2) is 7.34. The van der Waals surface area contributed by atoms with E-state index < -0.39 is 11.9 Å². The van der Waals surface area contributed by atoms with Crippen molar-refractivity contribution in [1.29, 1.82) is 0 Å². The number of benzene rings is 1. The number of hydrogen-bond acceptors (Lipinski definition) is 8. The molecule has 1 aromatic heterocycles. The number of aryl methyl sites for hydroxylation is 1. The number of carbonyl (C=O) groups is 2.